The molecule has 0 fully saturated rings. The molecule has 0 radical (unpaired) electrons. The standard InChI is InChI=1S/C17H15N3O2/c1-2-20-12-15(8-10-17(20)22)19-16(21)9-7-13-5-3-4-6-14(13)11-18/h3-10,12H,2H2,1H3,(H,19,21)/b9-7+. The smallest absolute Gasteiger partial charge is 0.250 e. The van der Waals surface area contributed by atoms with E-state index < -0.39 is 0 Å². The van der Waals surface area contributed by atoms with Crippen molar-refractivity contribution in [3.63, 3.8) is 0 Å². The fourth-order valence-corrected chi connectivity index (χ4v) is 1.95. The highest BCUT2D eigenvalue weighted by molar-refractivity contribution is 6.01. The van der Waals surface area contributed by atoms with Crippen LogP contribution in [0.15, 0.2) is 53.5 Å². The van der Waals surface area contributed by atoms with Crippen molar-refractivity contribution < 1.29 is 4.79 Å². The second-order valence-corrected chi connectivity index (χ2v) is 4.56. The Bertz CT molecular complexity index is 813. The van der Waals surface area contributed by atoms with Crippen LogP contribution in [-0.2, 0) is 11.3 Å². The van der Waals surface area contributed by atoms with Gasteiger partial charge in [-0.05, 0) is 30.7 Å². The number of amides is 1. The molecular weight excluding hydrogens is 278 g/mol. The van der Waals surface area contributed by atoms with Crippen molar-refractivity contribution >= 4 is 17.7 Å². The fraction of sp³-hybridized carbons (Fsp3) is 0.118. The number of rotatable bonds is 4. The lowest BCUT2D eigenvalue weighted by Crippen LogP contribution is -2.19. The summed E-state index contributed by atoms with van der Waals surface area (Å²) in [5.41, 5.74) is 1.62. The van der Waals surface area contributed by atoms with Gasteiger partial charge in [0.05, 0.1) is 17.3 Å². The van der Waals surface area contributed by atoms with Gasteiger partial charge in [0, 0.05) is 24.9 Å². The van der Waals surface area contributed by atoms with Crippen molar-refractivity contribution in [3.05, 3.63) is 70.2 Å². The molecule has 1 aromatic carbocycles. The number of pyridine rings is 1. The fourth-order valence-electron chi connectivity index (χ4n) is 1.95. The first-order chi connectivity index (χ1) is 10.6. The Morgan fingerprint density at radius 2 is 2.09 bits per heavy atom. The zero-order chi connectivity index (χ0) is 15.9. The van der Waals surface area contributed by atoms with E-state index in [4.69, 9.17) is 5.26 Å². The maximum atomic E-state index is 11.9. The molecule has 0 spiro atoms. The molecule has 0 aliphatic heterocycles. The number of hydrogen-bond donors (Lipinski definition) is 1. The summed E-state index contributed by atoms with van der Waals surface area (Å²) in [6.45, 7) is 2.39. The zero-order valence-corrected chi connectivity index (χ0v) is 12.1. The summed E-state index contributed by atoms with van der Waals surface area (Å²) in [5.74, 6) is -0.325. The van der Waals surface area contributed by atoms with Crippen LogP contribution in [0.3, 0.4) is 0 Å². The number of benzene rings is 1. The normalized spacial score (nSPS) is 10.4. The quantitative estimate of drug-likeness (QED) is 0.879. The Labute approximate surface area is 128 Å². The van der Waals surface area contributed by atoms with Gasteiger partial charge in [0.25, 0.3) is 5.56 Å². The predicted octanol–water partition coefficient (Wildman–Crippen LogP) is 2.39. The average Bonchev–Trinajstić information content (AvgIpc) is 2.55. The predicted molar refractivity (Wildman–Crippen MR) is 85.2 cm³/mol. The molecular formula is C17H15N3O2. The lowest BCUT2D eigenvalue weighted by atomic mass is 10.1. The molecule has 1 N–H and O–H groups in total. The summed E-state index contributed by atoms with van der Waals surface area (Å²) in [5, 5.41) is 11.7. The van der Waals surface area contributed by atoms with E-state index in [2.05, 4.69) is 11.4 Å². The summed E-state index contributed by atoms with van der Waals surface area (Å²) in [6, 6.07) is 12.1. The minimum Gasteiger partial charge on any atom is -0.321 e. The number of carbonyl (C=O) groups is 1. The van der Waals surface area contributed by atoms with E-state index in [0.29, 0.717) is 23.4 Å². The molecule has 2 aromatic rings. The molecule has 0 saturated heterocycles. The van der Waals surface area contributed by atoms with Crippen molar-refractivity contribution in [1.29, 1.82) is 5.26 Å². The molecule has 0 aliphatic carbocycles. The highest BCUT2D eigenvalue weighted by Crippen LogP contribution is 2.10. The monoisotopic (exact) mass is 293 g/mol. The number of aryl methyl sites for hydroxylation is 1. The number of carbonyl (C=O) groups excluding carboxylic acids is 1. The van der Waals surface area contributed by atoms with E-state index in [9.17, 15) is 9.59 Å². The van der Waals surface area contributed by atoms with Crippen molar-refractivity contribution in [2.45, 2.75) is 13.5 Å². The van der Waals surface area contributed by atoms with E-state index in [0.717, 1.165) is 0 Å². The van der Waals surface area contributed by atoms with Crippen molar-refractivity contribution in [1.82, 2.24) is 4.57 Å². The molecule has 0 bridgehead atoms. The summed E-state index contributed by atoms with van der Waals surface area (Å²) in [6.07, 6.45) is 4.54. The second-order valence-electron chi connectivity index (χ2n) is 4.56. The van der Waals surface area contributed by atoms with Crippen LogP contribution in [0.1, 0.15) is 18.1 Å². The number of nitriles is 1. The summed E-state index contributed by atoms with van der Waals surface area (Å²) in [7, 11) is 0. The summed E-state index contributed by atoms with van der Waals surface area (Å²) < 4.78 is 1.50. The van der Waals surface area contributed by atoms with Gasteiger partial charge in [0.15, 0.2) is 0 Å². The molecule has 1 amide bonds. The van der Waals surface area contributed by atoms with E-state index in [1.54, 1.807) is 42.6 Å². The summed E-state index contributed by atoms with van der Waals surface area (Å²) in [4.78, 5) is 23.4. The highest BCUT2D eigenvalue weighted by atomic mass is 16.1. The van der Waals surface area contributed by atoms with Crippen molar-refractivity contribution in [2.24, 2.45) is 0 Å². The first kappa shape index (κ1) is 15.3. The van der Waals surface area contributed by atoms with Gasteiger partial charge >= 0.3 is 0 Å². The maximum Gasteiger partial charge on any atom is 0.250 e. The number of anilines is 1. The Morgan fingerprint density at radius 3 is 2.82 bits per heavy atom. The van der Waals surface area contributed by atoms with Gasteiger partial charge in [-0.2, -0.15) is 5.26 Å². The van der Waals surface area contributed by atoms with Gasteiger partial charge in [-0.1, -0.05) is 18.2 Å². The third-order valence-electron chi connectivity index (χ3n) is 3.09. The van der Waals surface area contributed by atoms with Crippen LogP contribution in [0, 0.1) is 11.3 Å². The largest absolute Gasteiger partial charge is 0.321 e. The van der Waals surface area contributed by atoms with Crippen LogP contribution in [0.2, 0.25) is 0 Å². The Kier molecular flexibility index (Phi) is 4.89. The van der Waals surface area contributed by atoms with Crippen LogP contribution in [0.4, 0.5) is 5.69 Å². The number of nitrogens with one attached hydrogen (secondary N) is 1. The van der Waals surface area contributed by atoms with Gasteiger partial charge in [0.1, 0.15) is 0 Å². The molecule has 1 heterocycles. The number of nitrogens with zero attached hydrogens (tertiary/aromatic N) is 2. The van der Waals surface area contributed by atoms with Gasteiger partial charge in [-0.25, -0.2) is 0 Å². The first-order valence-corrected chi connectivity index (χ1v) is 6.82. The molecule has 0 saturated carbocycles. The van der Waals surface area contributed by atoms with Crippen molar-refractivity contribution in [3.8, 4) is 6.07 Å². The number of aromatic nitrogens is 1. The van der Waals surface area contributed by atoms with Crippen LogP contribution in [0.25, 0.3) is 6.08 Å². The van der Waals surface area contributed by atoms with E-state index in [1.165, 1.54) is 16.7 Å². The molecule has 110 valence electrons. The third kappa shape index (κ3) is 3.70. The van der Waals surface area contributed by atoms with Crippen LogP contribution >= 0.6 is 0 Å². The Morgan fingerprint density at radius 1 is 1.32 bits per heavy atom. The second kappa shape index (κ2) is 7.04. The Hall–Kier alpha value is -3.13. The lowest BCUT2D eigenvalue weighted by Gasteiger charge is -2.06. The molecule has 5 nitrogen and oxygen atoms in total. The van der Waals surface area contributed by atoms with Crippen LogP contribution in [0.5, 0.6) is 0 Å². The van der Waals surface area contributed by atoms with E-state index in [-0.39, 0.29) is 11.5 Å². The van der Waals surface area contributed by atoms with Crippen LogP contribution < -0.4 is 10.9 Å². The molecule has 5 heteroatoms. The lowest BCUT2D eigenvalue weighted by molar-refractivity contribution is -0.111. The van der Waals surface area contributed by atoms with E-state index >= 15 is 0 Å². The van der Waals surface area contributed by atoms with Crippen molar-refractivity contribution in [2.75, 3.05) is 5.32 Å². The van der Waals surface area contributed by atoms with Gasteiger partial charge in [-0.3, -0.25) is 9.59 Å². The average molecular weight is 293 g/mol. The third-order valence-corrected chi connectivity index (χ3v) is 3.09. The maximum absolute atomic E-state index is 11.9. The zero-order valence-electron chi connectivity index (χ0n) is 12.1. The highest BCUT2D eigenvalue weighted by Gasteiger charge is 2.01. The molecule has 0 unspecified atom stereocenters. The summed E-state index contributed by atoms with van der Waals surface area (Å²) >= 11 is 0. The molecule has 0 atom stereocenters. The van der Waals surface area contributed by atoms with Gasteiger partial charge < -0.3 is 9.88 Å². The van der Waals surface area contributed by atoms with Gasteiger partial charge in [-0.15, -0.1) is 0 Å². The minimum absolute atomic E-state index is 0.112. The Balaban J connectivity index is 2.12. The first-order valence-electron chi connectivity index (χ1n) is 6.82. The molecule has 2 rings (SSSR count). The van der Waals surface area contributed by atoms with Crippen LogP contribution in [-0.4, -0.2) is 10.5 Å². The van der Waals surface area contributed by atoms with E-state index in [1.807, 2.05) is 6.92 Å². The topological polar surface area (TPSA) is 74.9 Å². The number of hydrogen-bond acceptors (Lipinski definition) is 3. The minimum atomic E-state index is -0.325. The SMILES string of the molecule is CCn1cc(NC(=O)/C=C/c2ccccc2C#N)ccc1=O. The van der Waals surface area contributed by atoms with Gasteiger partial charge in [0.2, 0.25) is 5.91 Å². The molecule has 0 aliphatic rings. The molecule has 22 heavy (non-hydrogen) atoms. The molecule has 1 aromatic heterocycles.